The van der Waals surface area contributed by atoms with Crippen molar-refractivity contribution in [3.63, 3.8) is 0 Å². The van der Waals surface area contributed by atoms with Gasteiger partial charge < -0.3 is 16.0 Å². The highest BCUT2D eigenvalue weighted by molar-refractivity contribution is 5.87. The van der Waals surface area contributed by atoms with Gasteiger partial charge in [-0.25, -0.2) is 0 Å². The summed E-state index contributed by atoms with van der Waals surface area (Å²) in [6, 6.07) is 2.96. The van der Waals surface area contributed by atoms with Gasteiger partial charge in [0.25, 0.3) is 0 Å². The number of rotatable bonds is 6. The Kier molecular flexibility index (Phi) is 6.45. The van der Waals surface area contributed by atoms with Crippen LogP contribution in [0.3, 0.4) is 0 Å². The second kappa shape index (κ2) is 8.18. The molecular weight excluding hydrogens is 316 g/mol. The average molecular weight is 347 g/mol. The molecule has 1 saturated carbocycles. The molecule has 1 radical (unpaired) electrons. The third kappa shape index (κ3) is 5.18. The fraction of sp³-hybridized carbons (Fsp3) is 0.789. The minimum Gasteiger partial charge on any atom is -0.369 e. The number of amides is 2. The van der Waals surface area contributed by atoms with Crippen LogP contribution < -0.4 is 11.1 Å². The van der Waals surface area contributed by atoms with E-state index in [0.29, 0.717) is 18.9 Å². The van der Waals surface area contributed by atoms with Gasteiger partial charge in [0.1, 0.15) is 5.54 Å². The van der Waals surface area contributed by atoms with Crippen molar-refractivity contribution in [2.75, 3.05) is 13.1 Å². The van der Waals surface area contributed by atoms with Gasteiger partial charge in [-0.3, -0.25) is 9.59 Å². The molecule has 1 heterocycles. The number of likely N-dealkylation sites (tertiary alicyclic amines) is 1. The van der Waals surface area contributed by atoms with Gasteiger partial charge in [-0.1, -0.05) is 33.1 Å². The van der Waals surface area contributed by atoms with Crippen molar-refractivity contribution in [1.82, 2.24) is 10.2 Å². The second-order valence-electron chi connectivity index (χ2n) is 8.17. The van der Waals surface area contributed by atoms with E-state index in [0.717, 1.165) is 13.1 Å². The first kappa shape index (κ1) is 19.7. The van der Waals surface area contributed by atoms with Crippen molar-refractivity contribution < 1.29 is 9.59 Å². The molecule has 2 rings (SSSR count). The van der Waals surface area contributed by atoms with Crippen LogP contribution in [0.25, 0.3) is 0 Å². The zero-order valence-electron chi connectivity index (χ0n) is 15.5. The molecule has 0 aromatic heterocycles. The zero-order valence-corrected chi connectivity index (χ0v) is 15.5. The predicted molar refractivity (Wildman–Crippen MR) is 96.1 cm³/mol. The van der Waals surface area contributed by atoms with Crippen LogP contribution in [0.1, 0.15) is 65.2 Å². The molecule has 2 amide bonds. The molecule has 0 bridgehead atoms. The molecule has 2 fully saturated rings. The van der Waals surface area contributed by atoms with Crippen LogP contribution in [0.4, 0.5) is 0 Å². The lowest BCUT2D eigenvalue weighted by molar-refractivity contribution is -0.126. The van der Waals surface area contributed by atoms with E-state index in [4.69, 9.17) is 5.73 Å². The molecule has 1 aliphatic heterocycles. The Hall–Kier alpha value is -1.61. The van der Waals surface area contributed by atoms with E-state index in [-0.39, 0.29) is 12.3 Å². The number of nitrogens with two attached hydrogens (primary N) is 1. The topological polar surface area (TPSA) is 99.2 Å². The van der Waals surface area contributed by atoms with Gasteiger partial charge in [0, 0.05) is 24.5 Å². The number of nitriles is 1. The van der Waals surface area contributed by atoms with Gasteiger partial charge in [0.05, 0.1) is 12.5 Å². The van der Waals surface area contributed by atoms with Crippen LogP contribution in [0.2, 0.25) is 0 Å². The van der Waals surface area contributed by atoms with Crippen LogP contribution in [0, 0.1) is 23.2 Å². The molecule has 0 spiro atoms. The number of piperidine rings is 1. The maximum atomic E-state index is 12.2. The zero-order chi connectivity index (χ0) is 18.5. The van der Waals surface area contributed by atoms with Gasteiger partial charge in [0.2, 0.25) is 11.8 Å². The summed E-state index contributed by atoms with van der Waals surface area (Å²) in [5.74, 6) is -0.727. The van der Waals surface area contributed by atoms with Crippen molar-refractivity contribution in [2.24, 2.45) is 11.1 Å². The molecule has 3 N–H and O–H groups in total. The maximum absolute atomic E-state index is 12.2. The summed E-state index contributed by atoms with van der Waals surface area (Å²) in [6.45, 7) is 5.13. The van der Waals surface area contributed by atoms with Crippen LogP contribution in [-0.4, -0.2) is 41.4 Å². The molecule has 139 valence electrons. The molecule has 6 heteroatoms. The molecule has 1 aliphatic carbocycles. The molecule has 0 aromatic carbocycles. The van der Waals surface area contributed by atoms with Crippen molar-refractivity contribution in [1.29, 1.82) is 5.26 Å². The number of nitrogens with one attached hydrogen (secondary N) is 1. The molecular formula is C19H31N4O2. The summed E-state index contributed by atoms with van der Waals surface area (Å²) < 4.78 is 0. The van der Waals surface area contributed by atoms with Crippen LogP contribution >= 0.6 is 0 Å². The van der Waals surface area contributed by atoms with E-state index < -0.39 is 16.9 Å². The number of primary amides is 1. The second-order valence-corrected chi connectivity index (χ2v) is 8.17. The third-order valence-electron chi connectivity index (χ3n) is 5.78. The lowest BCUT2D eigenvalue weighted by Gasteiger charge is -2.42. The molecule has 0 unspecified atom stereocenters. The fourth-order valence-corrected chi connectivity index (χ4v) is 3.72. The van der Waals surface area contributed by atoms with Crippen molar-refractivity contribution in [2.45, 2.75) is 76.8 Å². The minimum atomic E-state index is -0.796. The van der Waals surface area contributed by atoms with E-state index >= 15 is 0 Å². The first-order valence-electron chi connectivity index (χ1n) is 9.39. The normalized spacial score (nSPS) is 22.1. The first-order chi connectivity index (χ1) is 11.8. The molecule has 25 heavy (non-hydrogen) atoms. The predicted octanol–water partition coefficient (Wildman–Crippen LogP) is 1.90. The number of hydrogen-bond acceptors (Lipinski definition) is 4. The Balaban J connectivity index is 1.84. The highest BCUT2D eigenvalue weighted by Gasteiger charge is 2.38. The van der Waals surface area contributed by atoms with E-state index in [1.165, 1.54) is 38.5 Å². The summed E-state index contributed by atoms with van der Waals surface area (Å²) >= 11 is 0. The van der Waals surface area contributed by atoms with Crippen LogP contribution in [-0.2, 0) is 9.59 Å². The minimum absolute atomic E-state index is 0.268. The van der Waals surface area contributed by atoms with E-state index in [1.807, 2.05) is 0 Å². The van der Waals surface area contributed by atoms with Crippen molar-refractivity contribution >= 4 is 11.8 Å². The lowest BCUT2D eigenvalue weighted by Crippen LogP contribution is -2.56. The monoisotopic (exact) mass is 347 g/mol. The standard InChI is InChI=1S/C19H31N4O2/c1-18(2,17(21)25)9-8-16(24)22-19(14-20)10-12-23(13-11-19)15-6-4-3-5-7-15/h8,15H,3-7,9-13H2,1-2H3,(H2,21,25)(H,22,24). The Morgan fingerprint density at radius 3 is 2.40 bits per heavy atom. The number of carbonyl (C=O) groups excluding carboxylic acids is 2. The van der Waals surface area contributed by atoms with E-state index in [1.54, 1.807) is 13.8 Å². The van der Waals surface area contributed by atoms with Gasteiger partial charge >= 0.3 is 0 Å². The molecule has 6 nitrogen and oxygen atoms in total. The molecule has 0 atom stereocenters. The Labute approximate surface area is 151 Å². The largest absolute Gasteiger partial charge is 0.369 e. The summed E-state index contributed by atoms with van der Waals surface area (Å²) in [4.78, 5) is 26.1. The third-order valence-corrected chi connectivity index (χ3v) is 5.78. The Morgan fingerprint density at radius 2 is 1.88 bits per heavy atom. The van der Waals surface area contributed by atoms with Crippen molar-refractivity contribution in [3.05, 3.63) is 6.42 Å². The summed E-state index contributed by atoms with van der Waals surface area (Å²) in [6.07, 6.45) is 9.44. The smallest absolute Gasteiger partial charge is 0.225 e. The molecule has 1 saturated heterocycles. The highest BCUT2D eigenvalue weighted by Crippen LogP contribution is 2.29. The Morgan fingerprint density at radius 1 is 1.28 bits per heavy atom. The SMILES string of the molecule is CC(C)(C[CH]C(=O)NC1(C#N)CCN(C2CCCCC2)CC1)C(N)=O. The summed E-state index contributed by atoms with van der Waals surface area (Å²) in [5.41, 5.74) is 3.77. The van der Waals surface area contributed by atoms with E-state index in [2.05, 4.69) is 16.3 Å². The number of carbonyl (C=O) groups is 2. The molecule has 0 aromatic rings. The van der Waals surface area contributed by atoms with E-state index in [9.17, 15) is 14.9 Å². The van der Waals surface area contributed by atoms with Gasteiger partial charge in [-0.2, -0.15) is 5.26 Å². The van der Waals surface area contributed by atoms with Gasteiger partial charge in [-0.05, 0) is 32.1 Å². The summed E-state index contributed by atoms with van der Waals surface area (Å²) in [7, 11) is 0. The molecule has 2 aliphatic rings. The van der Waals surface area contributed by atoms with Gasteiger partial charge in [0.15, 0.2) is 0 Å². The highest BCUT2D eigenvalue weighted by atomic mass is 16.2. The Bertz CT molecular complexity index is 524. The fourth-order valence-electron chi connectivity index (χ4n) is 3.72. The number of hydrogen-bond donors (Lipinski definition) is 2. The van der Waals surface area contributed by atoms with Gasteiger partial charge in [-0.15, -0.1) is 0 Å². The maximum Gasteiger partial charge on any atom is 0.225 e. The summed E-state index contributed by atoms with van der Waals surface area (Å²) in [5, 5.41) is 12.5. The quantitative estimate of drug-likeness (QED) is 0.766. The average Bonchev–Trinajstić information content (AvgIpc) is 2.61. The van der Waals surface area contributed by atoms with Crippen LogP contribution in [0.15, 0.2) is 0 Å². The first-order valence-corrected chi connectivity index (χ1v) is 9.39. The van der Waals surface area contributed by atoms with Crippen molar-refractivity contribution in [3.8, 4) is 6.07 Å². The van der Waals surface area contributed by atoms with Crippen LogP contribution in [0.5, 0.6) is 0 Å². The number of nitrogens with zero attached hydrogens (tertiary/aromatic N) is 2. The lowest BCUT2D eigenvalue weighted by atomic mass is 9.84.